The van der Waals surface area contributed by atoms with Crippen molar-refractivity contribution in [3.63, 3.8) is 0 Å². The lowest BCUT2D eigenvalue weighted by molar-refractivity contribution is 0.276. The van der Waals surface area contributed by atoms with Crippen molar-refractivity contribution in [1.29, 1.82) is 5.26 Å². The zero-order chi connectivity index (χ0) is 11.1. The molecule has 1 aromatic rings. The van der Waals surface area contributed by atoms with E-state index in [0.29, 0.717) is 18.1 Å². The molecule has 0 aliphatic carbocycles. The summed E-state index contributed by atoms with van der Waals surface area (Å²) in [4.78, 5) is 0. The fourth-order valence-electron chi connectivity index (χ4n) is 1.15. The van der Waals surface area contributed by atoms with E-state index in [2.05, 4.69) is 0 Å². The lowest BCUT2D eigenvalue weighted by atomic mass is 10.2. The fourth-order valence-corrected chi connectivity index (χ4v) is 1.15. The van der Waals surface area contributed by atoms with Crippen molar-refractivity contribution in [3.8, 4) is 17.6 Å². The summed E-state index contributed by atoms with van der Waals surface area (Å²) in [6.07, 6.45) is 0. The van der Waals surface area contributed by atoms with E-state index in [1.54, 1.807) is 18.2 Å². The zero-order valence-electron chi connectivity index (χ0n) is 8.56. The SMILES string of the molecule is CCOc1cc(CO)ccc1OCC#N. The Bertz CT molecular complexity index is 357. The Morgan fingerprint density at radius 1 is 1.33 bits per heavy atom. The maximum Gasteiger partial charge on any atom is 0.174 e. The minimum absolute atomic E-state index is 0.0153. The topological polar surface area (TPSA) is 62.5 Å². The van der Waals surface area contributed by atoms with E-state index in [1.165, 1.54) is 0 Å². The van der Waals surface area contributed by atoms with Crippen LogP contribution in [0.25, 0.3) is 0 Å². The Morgan fingerprint density at radius 3 is 2.73 bits per heavy atom. The minimum atomic E-state index is -0.0431. The molecule has 0 unspecified atom stereocenters. The van der Waals surface area contributed by atoms with Crippen LogP contribution < -0.4 is 9.47 Å². The van der Waals surface area contributed by atoms with Crippen LogP contribution in [0.4, 0.5) is 0 Å². The Morgan fingerprint density at radius 2 is 2.13 bits per heavy atom. The number of benzene rings is 1. The fraction of sp³-hybridized carbons (Fsp3) is 0.364. The first kappa shape index (κ1) is 11.3. The molecule has 15 heavy (non-hydrogen) atoms. The van der Waals surface area contributed by atoms with Crippen molar-refractivity contribution in [2.24, 2.45) is 0 Å². The maximum absolute atomic E-state index is 8.95. The van der Waals surface area contributed by atoms with Crippen molar-refractivity contribution in [3.05, 3.63) is 23.8 Å². The van der Waals surface area contributed by atoms with Crippen molar-refractivity contribution in [2.75, 3.05) is 13.2 Å². The molecule has 0 saturated heterocycles. The molecule has 80 valence electrons. The van der Waals surface area contributed by atoms with Gasteiger partial charge in [-0.25, -0.2) is 0 Å². The van der Waals surface area contributed by atoms with Gasteiger partial charge in [0.05, 0.1) is 13.2 Å². The molecular weight excluding hydrogens is 194 g/mol. The monoisotopic (exact) mass is 207 g/mol. The molecule has 0 amide bonds. The van der Waals surface area contributed by atoms with Crippen molar-refractivity contribution in [2.45, 2.75) is 13.5 Å². The highest BCUT2D eigenvalue weighted by molar-refractivity contribution is 5.43. The van der Waals surface area contributed by atoms with Gasteiger partial charge in [0, 0.05) is 0 Å². The first-order chi connectivity index (χ1) is 7.31. The third-order valence-corrected chi connectivity index (χ3v) is 1.78. The van der Waals surface area contributed by atoms with E-state index < -0.39 is 0 Å². The maximum atomic E-state index is 8.95. The van der Waals surface area contributed by atoms with Gasteiger partial charge in [-0.3, -0.25) is 0 Å². The first-order valence-electron chi connectivity index (χ1n) is 4.68. The number of hydrogen-bond donors (Lipinski definition) is 1. The summed E-state index contributed by atoms with van der Waals surface area (Å²) in [5, 5.41) is 17.3. The number of hydrogen-bond acceptors (Lipinski definition) is 4. The highest BCUT2D eigenvalue weighted by Gasteiger charge is 2.05. The Hall–Kier alpha value is -1.73. The number of rotatable bonds is 5. The number of ether oxygens (including phenoxy) is 2. The molecule has 0 bridgehead atoms. The second-order valence-electron chi connectivity index (χ2n) is 2.82. The number of aliphatic hydroxyl groups excluding tert-OH is 1. The highest BCUT2D eigenvalue weighted by atomic mass is 16.5. The molecule has 0 fully saturated rings. The van der Waals surface area contributed by atoms with Crippen LogP contribution in [-0.2, 0) is 6.61 Å². The van der Waals surface area contributed by atoms with E-state index in [1.807, 2.05) is 13.0 Å². The second kappa shape index (κ2) is 5.89. The smallest absolute Gasteiger partial charge is 0.174 e. The lowest BCUT2D eigenvalue weighted by Gasteiger charge is -2.10. The molecule has 4 heteroatoms. The molecule has 4 nitrogen and oxygen atoms in total. The average Bonchev–Trinajstić information content (AvgIpc) is 2.27. The molecule has 0 aliphatic heterocycles. The second-order valence-corrected chi connectivity index (χ2v) is 2.82. The quantitative estimate of drug-likeness (QED) is 0.794. The lowest BCUT2D eigenvalue weighted by Crippen LogP contribution is -2.00. The molecule has 1 N–H and O–H groups in total. The van der Waals surface area contributed by atoms with Gasteiger partial charge in [0.25, 0.3) is 0 Å². The molecule has 0 radical (unpaired) electrons. The predicted octanol–water partition coefficient (Wildman–Crippen LogP) is 1.48. The summed E-state index contributed by atoms with van der Waals surface area (Å²) in [6, 6.07) is 7.01. The molecule has 0 atom stereocenters. The van der Waals surface area contributed by atoms with Gasteiger partial charge in [-0.15, -0.1) is 0 Å². The summed E-state index contributed by atoms with van der Waals surface area (Å²) >= 11 is 0. The van der Waals surface area contributed by atoms with Crippen LogP contribution in [-0.4, -0.2) is 18.3 Å². The standard InChI is InChI=1S/C11H13NO3/c1-2-14-11-7-9(8-13)3-4-10(11)15-6-5-12/h3-4,7,13H,2,6,8H2,1H3. The van der Waals surface area contributed by atoms with E-state index in [0.717, 1.165) is 5.56 Å². The van der Waals surface area contributed by atoms with Gasteiger partial charge in [0.1, 0.15) is 6.07 Å². The van der Waals surface area contributed by atoms with Gasteiger partial charge in [0.2, 0.25) is 0 Å². The van der Waals surface area contributed by atoms with Gasteiger partial charge in [0.15, 0.2) is 18.1 Å². The molecule has 0 aliphatic rings. The predicted molar refractivity (Wildman–Crippen MR) is 54.6 cm³/mol. The summed E-state index contributed by atoms with van der Waals surface area (Å²) in [7, 11) is 0. The van der Waals surface area contributed by atoms with Crippen molar-refractivity contribution < 1.29 is 14.6 Å². The molecule has 0 saturated carbocycles. The van der Waals surface area contributed by atoms with E-state index in [9.17, 15) is 0 Å². The van der Waals surface area contributed by atoms with Crippen LogP contribution >= 0.6 is 0 Å². The third kappa shape index (κ3) is 3.15. The van der Waals surface area contributed by atoms with Gasteiger partial charge in [-0.2, -0.15) is 5.26 Å². The molecule has 0 heterocycles. The molecular formula is C11H13NO3. The Kier molecular flexibility index (Phi) is 4.45. The summed E-state index contributed by atoms with van der Waals surface area (Å²) < 4.78 is 10.5. The summed E-state index contributed by atoms with van der Waals surface area (Å²) in [6.45, 7) is 2.31. The normalized spacial score (nSPS) is 9.40. The van der Waals surface area contributed by atoms with Crippen LogP contribution in [0.5, 0.6) is 11.5 Å². The van der Waals surface area contributed by atoms with Gasteiger partial charge in [-0.1, -0.05) is 6.07 Å². The van der Waals surface area contributed by atoms with E-state index in [-0.39, 0.29) is 13.2 Å². The van der Waals surface area contributed by atoms with Crippen LogP contribution in [0.1, 0.15) is 12.5 Å². The molecule has 0 aromatic heterocycles. The molecule has 0 spiro atoms. The number of aliphatic hydroxyl groups is 1. The number of nitrogens with zero attached hydrogens (tertiary/aromatic N) is 1. The average molecular weight is 207 g/mol. The largest absolute Gasteiger partial charge is 0.490 e. The minimum Gasteiger partial charge on any atom is -0.490 e. The van der Waals surface area contributed by atoms with Gasteiger partial charge in [-0.05, 0) is 24.6 Å². The number of nitriles is 1. The highest BCUT2D eigenvalue weighted by Crippen LogP contribution is 2.28. The Balaban J connectivity index is 2.88. The first-order valence-corrected chi connectivity index (χ1v) is 4.68. The van der Waals surface area contributed by atoms with Gasteiger partial charge >= 0.3 is 0 Å². The van der Waals surface area contributed by atoms with Crippen molar-refractivity contribution >= 4 is 0 Å². The van der Waals surface area contributed by atoms with Crippen LogP contribution in [0.2, 0.25) is 0 Å². The van der Waals surface area contributed by atoms with Crippen LogP contribution in [0.15, 0.2) is 18.2 Å². The molecule has 1 aromatic carbocycles. The Labute approximate surface area is 88.7 Å². The van der Waals surface area contributed by atoms with E-state index >= 15 is 0 Å². The molecule has 1 rings (SSSR count). The van der Waals surface area contributed by atoms with E-state index in [4.69, 9.17) is 19.8 Å². The summed E-state index contributed by atoms with van der Waals surface area (Å²) in [5.74, 6) is 1.08. The third-order valence-electron chi connectivity index (χ3n) is 1.78. The van der Waals surface area contributed by atoms with Gasteiger partial charge < -0.3 is 14.6 Å². The van der Waals surface area contributed by atoms with Crippen LogP contribution in [0.3, 0.4) is 0 Å². The zero-order valence-corrected chi connectivity index (χ0v) is 8.56. The van der Waals surface area contributed by atoms with Crippen LogP contribution in [0, 0.1) is 11.3 Å². The van der Waals surface area contributed by atoms with Crippen molar-refractivity contribution in [1.82, 2.24) is 0 Å². The summed E-state index contributed by atoms with van der Waals surface area (Å²) in [5.41, 5.74) is 0.753.